The molecule has 0 aliphatic carbocycles. The van der Waals surface area contributed by atoms with E-state index in [0.29, 0.717) is 0 Å². The average molecular weight is 610 g/mol. The summed E-state index contributed by atoms with van der Waals surface area (Å²) in [4.78, 5) is 0. The largest absolute Gasteiger partial charge is 0.582 e. The fraction of sp³-hybridized carbons (Fsp3) is 1.00. The van der Waals surface area contributed by atoms with E-state index in [1.54, 1.807) is 0 Å². The van der Waals surface area contributed by atoms with Crippen molar-refractivity contribution in [2.24, 2.45) is 0 Å². The van der Waals surface area contributed by atoms with Crippen LogP contribution >= 0.6 is 0 Å². The van der Waals surface area contributed by atoms with Crippen LogP contribution in [-0.2, 0) is 13.3 Å². The summed E-state index contributed by atoms with van der Waals surface area (Å²) in [6, 6.07) is 0. The van der Waals surface area contributed by atoms with Gasteiger partial charge < -0.3 is 13.3 Å². The molecule has 0 radical (unpaired) electrons. The fourth-order valence-electron chi connectivity index (χ4n) is 2.63. The zero-order valence-corrected chi connectivity index (χ0v) is 19.7. The number of hydrogen-bond donors (Lipinski definition) is 0. The maximum absolute atomic E-state index is 14.7. The molecule has 0 aliphatic rings. The van der Waals surface area contributed by atoms with E-state index < -0.39 is 88.7 Å². The highest BCUT2D eigenvalue weighted by Gasteiger charge is 2.95. The van der Waals surface area contributed by atoms with E-state index in [1.807, 2.05) is 0 Å². The topological polar surface area (TPSA) is 27.7 Å². The Hall–Kier alpha value is -1.09. The quantitative estimate of drug-likeness (QED) is 0.143. The fourth-order valence-corrected chi connectivity index (χ4v) is 5.11. The Labute approximate surface area is 198 Å². The number of alkyl halides is 17. The zero-order valence-electron chi connectivity index (χ0n) is 18.7. The standard InChI is InChI=1S/C16H19F17O3Si/c1-4-34-37(35-5-2,36-6-3)16(32,33)15(30,31)14(28,29)13(26,27)12(24,25)11(22,23)9(17,18)7-8-10(19,20)21/h4-8H2,1-3H3. The van der Waals surface area contributed by atoms with Crippen LogP contribution in [0.5, 0.6) is 0 Å². The van der Waals surface area contributed by atoms with E-state index in [-0.39, 0.29) is 0 Å². The second kappa shape index (κ2) is 10.8. The van der Waals surface area contributed by atoms with Crippen molar-refractivity contribution in [2.45, 2.75) is 80.9 Å². The first-order valence-corrected chi connectivity index (χ1v) is 11.5. The molecular formula is C16H19F17O3Si. The predicted molar refractivity (Wildman–Crippen MR) is 90.6 cm³/mol. The Morgan fingerprint density at radius 1 is 0.432 bits per heavy atom. The van der Waals surface area contributed by atoms with Gasteiger partial charge >= 0.3 is 56.1 Å². The normalized spacial score (nSPS) is 15.9. The molecule has 0 unspecified atom stereocenters. The third-order valence-electron chi connectivity index (χ3n) is 4.54. The minimum absolute atomic E-state index is 0.762. The molecule has 37 heavy (non-hydrogen) atoms. The smallest absolute Gasteiger partial charge is 0.370 e. The van der Waals surface area contributed by atoms with Crippen molar-refractivity contribution >= 4 is 8.80 Å². The predicted octanol–water partition coefficient (Wildman–Crippen LogP) is 7.36. The van der Waals surface area contributed by atoms with Crippen LogP contribution in [-0.4, -0.2) is 75.9 Å². The molecule has 0 aromatic heterocycles. The molecule has 0 heterocycles. The lowest BCUT2D eigenvalue weighted by Crippen LogP contribution is -2.78. The van der Waals surface area contributed by atoms with Crippen LogP contribution < -0.4 is 0 Å². The third-order valence-corrected chi connectivity index (χ3v) is 7.63. The van der Waals surface area contributed by atoms with Crippen LogP contribution in [0.1, 0.15) is 33.6 Å². The summed E-state index contributed by atoms with van der Waals surface area (Å²) in [5.41, 5.74) is -6.79. The van der Waals surface area contributed by atoms with E-state index in [9.17, 15) is 74.6 Å². The first-order valence-electron chi connectivity index (χ1n) is 9.77. The molecule has 224 valence electrons. The lowest BCUT2D eigenvalue weighted by atomic mass is 9.90. The SMILES string of the molecule is CCO[Si](OCC)(OCC)C(F)(F)C(F)(F)C(F)(F)C(F)(F)C(F)(F)C(F)(F)C(F)(F)CCC(F)(F)F. The minimum atomic E-state index is -8.44. The van der Waals surface area contributed by atoms with Crippen molar-refractivity contribution in [1.29, 1.82) is 0 Å². The van der Waals surface area contributed by atoms with Gasteiger partial charge in [0.05, 0.1) is 0 Å². The van der Waals surface area contributed by atoms with Gasteiger partial charge in [-0.05, 0) is 20.8 Å². The van der Waals surface area contributed by atoms with E-state index in [2.05, 4.69) is 13.3 Å². The van der Waals surface area contributed by atoms with Crippen molar-refractivity contribution in [2.75, 3.05) is 19.8 Å². The van der Waals surface area contributed by atoms with Gasteiger partial charge in [0.2, 0.25) is 0 Å². The lowest BCUT2D eigenvalue weighted by molar-refractivity contribution is -0.439. The van der Waals surface area contributed by atoms with Gasteiger partial charge in [-0.3, -0.25) is 0 Å². The monoisotopic (exact) mass is 610 g/mol. The Morgan fingerprint density at radius 3 is 1.03 bits per heavy atom. The van der Waals surface area contributed by atoms with Crippen LogP contribution in [0.2, 0.25) is 0 Å². The van der Waals surface area contributed by atoms with Crippen LogP contribution in [0.4, 0.5) is 74.6 Å². The number of hydrogen-bond acceptors (Lipinski definition) is 3. The van der Waals surface area contributed by atoms with E-state index in [0.717, 1.165) is 20.8 Å². The maximum atomic E-state index is 14.7. The van der Waals surface area contributed by atoms with Crippen LogP contribution in [0, 0.1) is 0 Å². The van der Waals surface area contributed by atoms with Gasteiger partial charge in [-0.15, -0.1) is 0 Å². The van der Waals surface area contributed by atoms with Crippen molar-refractivity contribution < 1.29 is 87.9 Å². The van der Waals surface area contributed by atoms with Crippen molar-refractivity contribution in [3.8, 4) is 0 Å². The molecule has 0 aromatic carbocycles. The molecule has 3 nitrogen and oxygen atoms in total. The summed E-state index contributed by atoms with van der Waals surface area (Å²) in [6.07, 6.45) is -12.2. The van der Waals surface area contributed by atoms with Crippen LogP contribution in [0.3, 0.4) is 0 Å². The van der Waals surface area contributed by atoms with Crippen LogP contribution in [0.15, 0.2) is 0 Å². The third kappa shape index (κ3) is 5.77. The van der Waals surface area contributed by atoms with Crippen LogP contribution in [0.25, 0.3) is 0 Å². The molecule has 21 heteroatoms. The summed E-state index contributed by atoms with van der Waals surface area (Å²) in [7, 11) is -6.62. The maximum Gasteiger partial charge on any atom is 0.582 e. The molecule has 0 saturated heterocycles. The van der Waals surface area contributed by atoms with Gasteiger partial charge in [-0.1, -0.05) is 0 Å². The summed E-state index contributed by atoms with van der Waals surface area (Å²) in [5, 5.41) is 0. The highest BCUT2D eigenvalue weighted by atomic mass is 28.4. The number of halogens is 17. The zero-order chi connectivity index (χ0) is 30.2. The molecule has 0 fully saturated rings. The molecular weight excluding hydrogens is 591 g/mol. The minimum Gasteiger partial charge on any atom is -0.370 e. The summed E-state index contributed by atoms with van der Waals surface area (Å²) >= 11 is 0. The Balaban J connectivity index is 6.91. The molecule has 0 aromatic rings. The highest BCUT2D eigenvalue weighted by Crippen LogP contribution is 2.63. The molecule has 0 rings (SSSR count). The Morgan fingerprint density at radius 2 is 0.730 bits per heavy atom. The van der Waals surface area contributed by atoms with Gasteiger partial charge in [-0.25, -0.2) is 0 Å². The second-order valence-corrected chi connectivity index (χ2v) is 9.73. The van der Waals surface area contributed by atoms with E-state index in [1.165, 1.54) is 0 Å². The van der Waals surface area contributed by atoms with Gasteiger partial charge in [0, 0.05) is 32.7 Å². The van der Waals surface area contributed by atoms with Crippen molar-refractivity contribution in [3.63, 3.8) is 0 Å². The van der Waals surface area contributed by atoms with Gasteiger partial charge in [0.25, 0.3) is 0 Å². The molecule has 0 spiro atoms. The summed E-state index contributed by atoms with van der Waals surface area (Å²) < 4.78 is 245. The van der Waals surface area contributed by atoms with Gasteiger partial charge in [0.1, 0.15) is 0 Å². The average Bonchev–Trinajstić information content (AvgIpc) is 2.71. The van der Waals surface area contributed by atoms with Gasteiger partial charge in [-0.2, -0.15) is 74.6 Å². The summed E-state index contributed by atoms with van der Waals surface area (Å²) in [5.74, 6) is -47.6. The Bertz CT molecular complexity index is 736. The molecule has 0 saturated carbocycles. The number of rotatable bonds is 15. The summed E-state index contributed by atoms with van der Waals surface area (Å²) in [6.45, 7) is -1.05. The lowest BCUT2D eigenvalue weighted by Gasteiger charge is -2.45. The molecule has 0 N–H and O–H groups in total. The molecule has 0 bridgehead atoms. The molecule has 0 amide bonds. The van der Waals surface area contributed by atoms with E-state index in [4.69, 9.17) is 0 Å². The molecule has 0 atom stereocenters. The van der Waals surface area contributed by atoms with Crippen molar-refractivity contribution in [3.05, 3.63) is 0 Å². The Kier molecular flexibility index (Phi) is 10.5. The van der Waals surface area contributed by atoms with Gasteiger partial charge in [0.15, 0.2) is 0 Å². The van der Waals surface area contributed by atoms with Crippen molar-refractivity contribution in [1.82, 2.24) is 0 Å². The first kappa shape index (κ1) is 35.9. The molecule has 0 aliphatic heterocycles. The first-order chi connectivity index (χ1) is 16.1. The second-order valence-electron chi connectivity index (χ2n) is 7.12. The van der Waals surface area contributed by atoms with E-state index >= 15 is 0 Å². The highest BCUT2D eigenvalue weighted by molar-refractivity contribution is 6.63.